The molecule has 0 aliphatic rings. The van der Waals surface area contributed by atoms with Gasteiger partial charge < -0.3 is 14.7 Å². The maximum atomic E-state index is 11.4. The molecule has 1 aromatic rings. The molecule has 0 aromatic heterocycles. The largest absolute Gasteiger partial charge is 0.482 e. The Hall–Kier alpha value is -2.04. The molecule has 0 fully saturated rings. The Labute approximate surface area is 99.6 Å². The van der Waals surface area contributed by atoms with Crippen molar-refractivity contribution >= 4 is 17.6 Å². The molecule has 0 saturated carbocycles. The lowest BCUT2D eigenvalue weighted by atomic mass is 10.2. The van der Waals surface area contributed by atoms with Crippen LogP contribution in [0.25, 0.3) is 0 Å². The van der Waals surface area contributed by atoms with Gasteiger partial charge in [-0.2, -0.15) is 0 Å². The molecule has 0 aliphatic heterocycles. The van der Waals surface area contributed by atoms with E-state index < -0.39 is 5.97 Å². The first-order valence-electron chi connectivity index (χ1n) is 5.25. The highest BCUT2D eigenvalue weighted by Crippen LogP contribution is 2.18. The molecule has 0 saturated heterocycles. The summed E-state index contributed by atoms with van der Waals surface area (Å²) in [6, 6.07) is 6.70. The number of anilines is 1. The molecule has 1 rings (SSSR count). The minimum absolute atomic E-state index is 0.0178. The molecule has 1 N–H and O–H groups in total. The summed E-state index contributed by atoms with van der Waals surface area (Å²) in [7, 11) is 1.69. The average Bonchev–Trinajstić information content (AvgIpc) is 2.35. The average molecular weight is 237 g/mol. The Morgan fingerprint density at radius 3 is 2.35 bits per heavy atom. The number of nitrogens with zero attached hydrogens (tertiary/aromatic N) is 1. The lowest BCUT2D eigenvalue weighted by Crippen LogP contribution is -2.24. The summed E-state index contributed by atoms with van der Waals surface area (Å²) in [6.07, 6.45) is 0.438. The van der Waals surface area contributed by atoms with Crippen LogP contribution in [-0.4, -0.2) is 30.6 Å². The zero-order valence-electron chi connectivity index (χ0n) is 9.84. The van der Waals surface area contributed by atoms with Crippen LogP contribution in [0.3, 0.4) is 0 Å². The Balaban J connectivity index is 2.67. The zero-order valence-corrected chi connectivity index (χ0v) is 9.84. The van der Waals surface area contributed by atoms with E-state index in [1.54, 1.807) is 43.1 Å². The van der Waals surface area contributed by atoms with Crippen molar-refractivity contribution in [2.75, 3.05) is 18.6 Å². The van der Waals surface area contributed by atoms with Gasteiger partial charge in [0.15, 0.2) is 6.61 Å². The van der Waals surface area contributed by atoms with Crippen LogP contribution in [0.1, 0.15) is 13.3 Å². The summed E-state index contributed by atoms with van der Waals surface area (Å²) >= 11 is 0. The normalized spacial score (nSPS) is 9.76. The molecular formula is C12H15NO4. The standard InChI is InChI=1S/C12H15NO4/c1-3-11(14)13(2)9-4-6-10(7-5-9)17-8-12(15)16/h4-7H,3,8H2,1-2H3,(H,15,16). The Morgan fingerprint density at radius 1 is 1.29 bits per heavy atom. The van der Waals surface area contributed by atoms with Gasteiger partial charge in [-0.05, 0) is 24.3 Å². The first kappa shape index (κ1) is 13.0. The third kappa shape index (κ3) is 3.79. The van der Waals surface area contributed by atoms with Gasteiger partial charge in [-0.3, -0.25) is 4.79 Å². The van der Waals surface area contributed by atoms with Gasteiger partial charge in [-0.15, -0.1) is 0 Å². The van der Waals surface area contributed by atoms with Crippen LogP contribution in [0.4, 0.5) is 5.69 Å². The number of amides is 1. The summed E-state index contributed by atoms with van der Waals surface area (Å²) in [5.41, 5.74) is 0.750. The molecule has 0 spiro atoms. The maximum absolute atomic E-state index is 11.4. The summed E-state index contributed by atoms with van der Waals surface area (Å²) in [4.78, 5) is 23.3. The van der Waals surface area contributed by atoms with Crippen molar-refractivity contribution < 1.29 is 19.4 Å². The second-order valence-corrected chi connectivity index (χ2v) is 3.48. The van der Waals surface area contributed by atoms with Crippen LogP contribution >= 0.6 is 0 Å². The molecule has 5 heteroatoms. The fourth-order valence-electron chi connectivity index (χ4n) is 1.29. The van der Waals surface area contributed by atoms with Crippen molar-refractivity contribution in [2.45, 2.75) is 13.3 Å². The highest BCUT2D eigenvalue weighted by Gasteiger charge is 2.08. The smallest absolute Gasteiger partial charge is 0.341 e. The zero-order chi connectivity index (χ0) is 12.8. The van der Waals surface area contributed by atoms with Crippen molar-refractivity contribution in [2.24, 2.45) is 0 Å². The number of aliphatic carboxylic acids is 1. The van der Waals surface area contributed by atoms with E-state index in [9.17, 15) is 9.59 Å². The van der Waals surface area contributed by atoms with Crippen LogP contribution in [0, 0.1) is 0 Å². The minimum Gasteiger partial charge on any atom is -0.482 e. The molecule has 17 heavy (non-hydrogen) atoms. The topological polar surface area (TPSA) is 66.8 Å². The lowest BCUT2D eigenvalue weighted by Gasteiger charge is -2.16. The quantitative estimate of drug-likeness (QED) is 0.843. The number of carboxylic acid groups (broad SMARTS) is 1. The van der Waals surface area contributed by atoms with E-state index in [0.717, 1.165) is 5.69 Å². The van der Waals surface area contributed by atoms with Crippen LogP contribution in [-0.2, 0) is 9.59 Å². The SMILES string of the molecule is CCC(=O)N(C)c1ccc(OCC(=O)O)cc1. The van der Waals surface area contributed by atoms with E-state index in [1.165, 1.54) is 0 Å². The number of carbonyl (C=O) groups is 2. The van der Waals surface area contributed by atoms with Gasteiger partial charge in [0, 0.05) is 19.2 Å². The highest BCUT2D eigenvalue weighted by molar-refractivity contribution is 5.92. The highest BCUT2D eigenvalue weighted by atomic mass is 16.5. The fraction of sp³-hybridized carbons (Fsp3) is 0.333. The predicted molar refractivity (Wildman–Crippen MR) is 63.3 cm³/mol. The summed E-state index contributed by atoms with van der Waals surface area (Å²) in [6.45, 7) is 1.42. The number of hydrogen-bond acceptors (Lipinski definition) is 3. The van der Waals surface area contributed by atoms with Gasteiger partial charge in [0.05, 0.1) is 0 Å². The van der Waals surface area contributed by atoms with E-state index in [4.69, 9.17) is 9.84 Å². The molecule has 92 valence electrons. The summed E-state index contributed by atoms with van der Waals surface area (Å²) < 4.78 is 4.99. The van der Waals surface area contributed by atoms with Gasteiger partial charge in [0.25, 0.3) is 0 Å². The lowest BCUT2D eigenvalue weighted by molar-refractivity contribution is -0.139. The molecule has 0 radical (unpaired) electrons. The molecule has 5 nitrogen and oxygen atoms in total. The van der Waals surface area contributed by atoms with Crippen LogP contribution in [0.15, 0.2) is 24.3 Å². The Bertz CT molecular complexity index is 399. The third-order valence-corrected chi connectivity index (χ3v) is 2.26. The van der Waals surface area contributed by atoms with Crippen molar-refractivity contribution in [3.05, 3.63) is 24.3 Å². The van der Waals surface area contributed by atoms with Gasteiger partial charge >= 0.3 is 5.97 Å². The van der Waals surface area contributed by atoms with Crippen LogP contribution in [0.5, 0.6) is 5.75 Å². The first-order valence-corrected chi connectivity index (χ1v) is 5.25. The van der Waals surface area contributed by atoms with E-state index in [2.05, 4.69) is 0 Å². The summed E-state index contributed by atoms with van der Waals surface area (Å²) in [5, 5.41) is 8.44. The van der Waals surface area contributed by atoms with Crippen LogP contribution < -0.4 is 9.64 Å². The number of hydrogen-bond donors (Lipinski definition) is 1. The van der Waals surface area contributed by atoms with E-state index in [0.29, 0.717) is 12.2 Å². The second kappa shape index (κ2) is 5.89. The second-order valence-electron chi connectivity index (χ2n) is 3.48. The number of carboxylic acids is 1. The number of benzene rings is 1. The molecule has 0 aliphatic carbocycles. The molecule has 0 heterocycles. The third-order valence-electron chi connectivity index (χ3n) is 2.26. The van der Waals surface area contributed by atoms with Crippen molar-refractivity contribution in [3.63, 3.8) is 0 Å². The van der Waals surface area contributed by atoms with E-state index >= 15 is 0 Å². The molecule has 1 aromatic carbocycles. The van der Waals surface area contributed by atoms with Gasteiger partial charge in [-0.1, -0.05) is 6.92 Å². The molecule has 0 atom stereocenters. The first-order chi connectivity index (χ1) is 8.04. The van der Waals surface area contributed by atoms with Crippen molar-refractivity contribution in [3.8, 4) is 5.75 Å². The molecular weight excluding hydrogens is 222 g/mol. The molecule has 1 amide bonds. The van der Waals surface area contributed by atoms with Gasteiger partial charge in [0.2, 0.25) is 5.91 Å². The minimum atomic E-state index is -1.02. The number of ether oxygens (including phenoxy) is 1. The number of rotatable bonds is 5. The number of carbonyl (C=O) groups excluding carboxylic acids is 1. The Kier molecular flexibility index (Phi) is 4.51. The van der Waals surface area contributed by atoms with Gasteiger partial charge in [-0.25, -0.2) is 4.79 Å². The van der Waals surface area contributed by atoms with Crippen molar-refractivity contribution in [1.82, 2.24) is 0 Å². The van der Waals surface area contributed by atoms with Crippen LogP contribution in [0.2, 0.25) is 0 Å². The summed E-state index contributed by atoms with van der Waals surface area (Å²) in [5.74, 6) is -0.537. The van der Waals surface area contributed by atoms with E-state index in [1.807, 2.05) is 0 Å². The maximum Gasteiger partial charge on any atom is 0.341 e. The van der Waals surface area contributed by atoms with E-state index in [-0.39, 0.29) is 12.5 Å². The Morgan fingerprint density at radius 2 is 1.88 bits per heavy atom. The predicted octanol–water partition coefficient (Wildman–Crippen LogP) is 1.52. The van der Waals surface area contributed by atoms with Crippen molar-refractivity contribution in [1.29, 1.82) is 0 Å². The molecule has 0 bridgehead atoms. The fourth-order valence-corrected chi connectivity index (χ4v) is 1.29. The van der Waals surface area contributed by atoms with Gasteiger partial charge in [0.1, 0.15) is 5.75 Å². The monoisotopic (exact) mass is 237 g/mol. The molecule has 0 unspecified atom stereocenters.